The van der Waals surface area contributed by atoms with Crippen LogP contribution < -0.4 is 5.32 Å². The fourth-order valence-corrected chi connectivity index (χ4v) is 2.81. The van der Waals surface area contributed by atoms with Crippen molar-refractivity contribution >= 4 is 11.8 Å². The average Bonchev–Trinajstić information content (AvgIpc) is 2.48. The van der Waals surface area contributed by atoms with Gasteiger partial charge in [-0.2, -0.15) is 0 Å². The molecule has 1 aliphatic carbocycles. The second-order valence-electron chi connectivity index (χ2n) is 5.96. The van der Waals surface area contributed by atoms with Crippen molar-refractivity contribution in [2.24, 2.45) is 11.3 Å². The highest BCUT2D eigenvalue weighted by molar-refractivity contribution is 5.75. The Morgan fingerprint density at radius 3 is 2.71 bits per heavy atom. The number of halogens is 1. The molecule has 2 N–H and O–H groups in total. The molecule has 116 valence electrons. The molecule has 21 heavy (non-hydrogen) atoms. The molecule has 0 aromatic carbocycles. The topological polar surface area (TPSA) is 75.1 Å². The summed E-state index contributed by atoms with van der Waals surface area (Å²) in [6.07, 6.45) is 4.79. The van der Waals surface area contributed by atoms with Gasteiger partial charge < -0.3 is 10.4 Å². The Balaban J connectivity index is 2.11. The highest BCUT2D eigenvalue weighted by Gasteiger charge is 2.41. The number of hydrogen-bond donors (Lipinski definition) is 2. The molecule has 0 saturated heterocycles. The molecule has 0 radical (unpaired) electrons. The number of rotatable bonds is 5. The minimum atomic E-state index is -0.823. The Kier molecular flexibility index (Phi) is 4.75. The minimum Gasteiger partial charge on any atom is -0.481 e. The van der Waals surface area contributed by atoms with Crippen molar-refractivity contribution in [1.29, 1.82) is 0 Å². The molecule has 0 unspecified atom stereocenters. The number of carboxylic acid groups (broad SMARTS) is 1. The van der Waals surface area contributed by atoms with Crippen LogP contribution in [0, 0.1) is 17.2 Å². The molecule has 6 heteroatoms. The van der Waals surface area contributed by atoms with Crippen LogP contribution in [-0.2, 0) is 11.2 Å². The molecule has 1 aliphatic rings. The van der Waals surface area contributed by atoms with Gasteiger partial charge in [-0.15, -0.1) is 0 Å². The zero-order valence-electron chi connectivity index (χ0n) is 12.5. The van der Waals surface area contributed by atoms with E-state index in [0.717, 1.165) is 12.8 Å². The maximum absolute atomic E-state index is 14.1. The first-order valence-corrected chi connectivity index (χ1v) is 7.45. The van der Waals surface area contributed by atoms with Crippen LogP contribution in [0.5, 0.6) is 0 Å². The lowest BCUT2D eigenvalue weighted by Crippen LogP contribution is -2.41. The first-order valence-electron chi connectivity index (χ1n) is 7.45. The Morgan fingerprint density at radius 1 is 1.48 bits per heavy atom. The standard InChI is InChI=1S/C15H22FN3O2/c1-3-11-12(16)13(19-9-18-11)17-8-15(14(20)21)6-4-10(2)5-7-15/h9-10H,3-8H2,1-2H3,(H,20,21)(H,17,18,19). The summed E-state index contributed by atoms with van der Waals surface area (Å²) < 4.78 is 14.1. The number of aliphatic carboxylic acids is 1. The maximum Gasteiger partial charge on any atom is 0.311 e. The van der Waals surface area contributed by atoms with Crippen LogP contribution in [0.2, 0.25) is 0 Å². The fraction of sp³-hybridized carbons (Fsp3) is 0.667. The first-order chi connectivity index (χ1) is 9.98. The van der Waals surface area contributed by atoms with Crippen LogP contribution in [0.15, 0.2) is 6.33 Å². The summed E-state index contributed by atoms with van der Waals surface area (Å²) >= 11 is 0. The Labute approximate surface area is 124 Å². The molecular weight excluding hydrogens is 273 g/mol. The number of aryl methyl sites for hydroxylation is 1. The van der Waals surface area contributed by atoms with Gasteiger partial charge >= 0.3 is 5.97 Å². The molecule has 2 rings (SSSR count). The summed E-state index contributed by atoms with van der Waals surface area (Å²) in [5, 5.41) is 12.4. The lowest BCUT2D eigenvalue weighted by molar-refractivity contribution is -0.150. The third kappa shape index (κ3) is 3.31. The van der Waals surface area contributed by atoms with Gasteiger partial charge in [0.2, 0.25) is 0 Å². The molecule has 0 bridgehead atoms. The first kappa shape index (κ1) is 15.7. The van der Waals surface area contributed by atoms with E-state index in [0.29, 0.717) is 30.9 Å². The van der Waals surface area contributed by atoms with E-state index in [1.807, 2.05) is 6.92 Å². The molecular formula is C15H22FN3O2. The molecule has 5 nitrogen and oxygen atoms in total. The van der Waals surface area contributed by atoms with E-state index in [1.54, 1.807) is 0 Å². The number of anilines is 1. The lowest BCUT2D eigenvalue weighted by Gasteiger charge is -2.36. The summed E-state index contributed by atoms with van der Waals surface area (Å²) in [6.45, 7) is 4.15. The predicted octanol–water partition coefficient (Wildman–Crippen LogP) is 2.87. The van der Waals surface area contributed by atoms with Crippen molar-refractivity contribution in [1.82, 2.24) is 9.97 Å². The molecule has 1 aromatic rings. The van der Waals surface area contributed by atoms with Gasteiger partial charge in [0, 0.05) is 6.54 Å². The molecule has 1 fully saturated rings. The van der Waals surface area contributed by atoms with Crippen molar-refractivity contribution < 1.29 is 14.3 Å². The molecule has 1 heterocycles. The van der Waals surface area contributed by atoms with Crippen LogP contribution in [0.1, 0.15) is 45.2 Å². The summed E-state index contributed by atoms with van der Waals surface area (Å²) in [7, 11) is 0. The summed E-state index contributed by atoms with van der Waals surface area (Å²) in [6, 6.07) is 0. The maximum atomic E-state index is 14.1. The molecule has 1 aromatic heterocycles. The van der Waals surface area contributed by atoms with Gasteiger partial charge in [0.15, 0.2) is 11.6 Å². The quantitative estimate of drug-likeness (QED) is 0.873. The molecule has 0 atom stereocenters. The summed E-state index contributed by atoms with van der Waals surface area (Å²) in [4.78, 5) is 19.4. The predicted molar refractivity (Wildman–Crippen MR) is 77.6 cm³/mol. The Morgan fingerprint density at radius 2 is 2.14 bits per heavy atom. The number of carbonyl (C=O) groups is 1. The lowest BCUT2D eigenvalue weighted by atomic mass is 9.71. The van der Waals surface area contributed by atoms with Crippen molar-refractivity contribution in [3.8, 4) is 0 Å². The number of carboxylic acids is 1. The third-order valence-electron chi connectivity index (χ3n) is 4.48. The van der Waals surface area contributed by atoms with Crippen LogP contribution in [-0.4, -0.2) is 27.6 Å². The van der Waals surface area contributed by atoms with E-state index >= 15 is 0 Å². The van der Waals surface area contributed by atoms with Gasteiger partial charge in [-0.25, -0.2) is 14.4 Å². The molecule has 0 amide bonds. The number of aromatic nitrogens is 2. The molecule has 1 saturated carbocycles. The molecule has 0 spiro atoms. The van der Waals surface area contributed by atoms with E-state index in [1.165, 1.54) is 6.33 Å². The van der Waals surface area contributed by atoms with E-state index in [4.69, 9.17) is 0 Å². The zero-order valence-corrected chi connectivity index (χ0v) is 12.5. The average molecular weight is 295 g/mol. The van der Waals surface area contributed by atoms with Crippen LogP contribution in [0.25, 0.3) is 0 Å². The van der Waals surface area contributed by atoms with Crippen LogP contribution >= 0.6 is 0 Å². The van der Waals surface area contributed by atoms with Gasteiger partial charge in [-0.05, 0) is 38.0 Å². The minimum absolute atomic E-state index is 0.0982. The van der Waals surface area contributed by atoms with Crippen LogP contribution in [0.4, 0.5) is 10.2 Å². The highest BCUT2D eigenvalue weighted by atomic mass is 19.1. The fourth-order valence-electron chi connectivity index (χ4n) is 2.81. The SMILES string of the molecule is CCc1ncnc(NCC2(C(=O)O)CCC(C)CC2)c1F. The summed E-state index contributed by atoms with van der Waals surface area (Å²) in [5.74, 6) is -0.641. The van der Waals surface area contributed by atoms with Crippen molar-refractivity contribution in [3.63, 3.8) is 0 Å². The monoisotopic (exact) mass is 295 g/mol. The van der Waals surface area contributed by atoms with Crippen molar-refractivity contribution in [3.05, 3.63) is 17.8 Å². The van der Waals surface area contributed by atoms with Gasteiger partial charge in [0.25, 0.3) is 0 Å². The second kappa shape index (κ2) is 6.37. The van der Waals surface area contributed by atoms with E-state index in [2.05, 4.69) is 22.2 Å². The van der Waals surface area contributed by atoms with E-state index < -0.39 is 17.2 Å². The van der Waals surface area contributed by atoms with Gasteiger partial charge in [0.05, 0.1) is 11.1 Å². The smallest absolute Gasteiger partial charge is 0.311 e. The van der Waals surface area contributed by atoms with Gasteiger partial charge in [-0.1, -0.05) is 13.8 Å². The van der Waals surface area contributed by atoms with Crippen molar-refractivity contribution in [2.75, 3.05) is 11.9 Å². The number of nitrogens with one attached hydrogen (secondary N) is 1. The number of hydrogen-bond acceptors (Lipinski definition) is 4. The van der Waals surface area contributed by atoms with Gasteiger partial charge in [-0.3, -0.25) is 4.79 Å². The Hall–Kier alpha value is -1.72. The molecule has 0 aliphatic heterocycles. The van der Waals surface area contributed by atoms with E-state index in [-0.39, 0.29) is 12.4 Å². The second-order valence-corrected chi connectivity index (χ2v) is 5.96. The van der Waals surface area contributed by atoms with Crippen molar-refractivity contribution in [2.45, 2.75) is 46.0 Å². The third-order valence-corrected chi connectivity index (χ3v) is 4.48. The zero-order chi connectivity index (χ0) is 15.5. The Bertz CT molecular complexity index is 514. The normalized spacial score (nSPS) is 25.6. The van der Waals surface area contributed by atoms with E-state index in [9.17, 15) is 14.3 Å². The highest BCUT2D eigenvalue weighted by Crippen LogP contribution is 2.39. The number of nitrogens with zero attached hydrogens (tertiary/aromatic N) is 2. The van der Waals surface area contributed by atoms with Crippen LogP contribution in [0.3, 0.4) is 0 Å². The largest absolute Gasteiger partial charge is 0.481 e. The van der Waals surface area contributed by atoms with Gasteiger partial charge in [0.1, 0.15) is 6.33 Å². The summed E-state index contributed by atoms with van der Waals surface area (Å²) in [5.41, 5.74) is -0.481.